The summed E-state index contributed by atoms with van der Waals surface area (Å²) >= 11 is 6.60. The van der Waals surface area contributed by atoms with E-state index < -0.39 is 6.16 Å². The number of methoxy groups -OCH3 is 2. The fraction of sp³-hybridized carbons (Fsp3) is 0.133. The molecule has 0 unspecified atom stereocenters. The molecule has 0 bridgehead atoms. The minimum absolute atomic E-state index is 0.246. The van der Waals surface area contributed by atoms with Gasteiger partial charge in [-0.05, 0) is 36.4 Å². The van der Waals surface area contributed by atoms with Crippen LogP contribution in [0.2, 0.25) is 0 Å². The summed E-state index contributed by atoms with van der Waals surface area (Å²) in [5, 5.41) is 0. The molecule has 0 radical (unpaired) electrons. The van der Waals surface area contributed by atoms with Crippen LogP contribution < -0.4 is 18.9 Å². The molecule has 0 heterocycles. The van der Waals surface area contributed by atoms with Gasteiger partial charge < -0.3 is 18.9 Å². The maximum Gasteiger partial charge on any atom is 0.519 e. The first-order valence-electron chi connectivity index (χ1n) is 6.10. The van der Waals surface area contributed by atoms with Crippen molar-refractivity contribution in [3.8, 4) is 23.0 Å². The Morgan fingerprint density at radius 1 is 0.773 bits per heavy atom. The van der Waals surface area contributed by atoms with Crippen LogP contribution in [0.15, 0.2) is 45.3 Å². The van der Waals surface area contributed by atoms with Gasteiger partial charge in [0.05, 0.1) is 14.2 Å². The highest BCUT2D eigenvalue weighted by Crippen LogP contribution is 2.33. The molecule has 2 rings (SSSR count). The number of hydrogen-bond acceptors (Lipinski definition) is 5. The minimum Gasteiger partial charge on any atom is -0.493 e. The SMILES string of the molecule is COc1ccc(Br)cc1OC(=O)Oc1cc(Br)ccc1OC. The summed E-state index contributed by atoms with van der Waals surface area (Å²) in [6, 6.07) is 10.1. The lowest BCUT2D eigenvalue weighted by Gasteiger charge is -2.11. The summed E-state index contributed by atoms with van der Waals surface area (Å²) < 4.78 is 22.1. The number of benzene rings is 2. The molecule has 0 amide bonds. The molecule has 0 spiro atoms. The van der Waals surface area contributed by atoms with Gasteiger partial charge in [0.25, 0.3) is 0 Å². The first kappa shape index (κ1) is 16.6. The van der Waals surface area contributed by atoms with Gasteiger partial charge in [-0.25, -0.2) is 4.79 Å². The van der Waals surface area contributed by atoms with Gasteiger partial charge in [0.1, 0.15) is 0 Å². The molecule has 0 aliphatic rings. The van der Waals surface area contributed by atoms with E-state index in [-0.39, 0.29) is 11.5 Å². The van der Waals surface area contributed by atoms with E-state index in [2.05, 4.69) is 31.9 Å². The maximum atomic E-state index is 12.0. The number of rotatable bonds is 4. The zero-order chi connectivity index (χ0) is 16.1. The van der Waals surface area contributed by atoms with E-state index in [1.807, 2.05) is 0 Å². The molecule has 5 nitrogen and oxygen atoms in total. The van der Waals surface area contributed by atoms with Gasteiger partial charge in [-0.3, -0.25) is 0 Å². The van der Waals surface area contributed by atoms with E-state index in [1.54, 1.807) is 36.4 Å². The molecule has 2 aromatic rings. The Morgan fingerprint density at radius 2 is 1.18 bits per heavy atom. The minimum atomic E-state index is -0.896. The van der Waals surface area contributed by atoms with E-state index in [1.165, 1.54) is 14.2 Å². The summed E-state index contributed by atoms with van der Waals surface area (Å²) in [6.45, 7) is 0. The average molecular weight is 432 g/mol. The lowest BCUT2D eigenvalue weighted by atomic mass is 10.3. The summed E-state index contributed by atoms with van der Waals surface area (Å²) in [6.07, 6.45) is -0.896. The first-order valence-corrected chi connectivity index (χ1v) is 7.69. The third-order valence-electron chi connectivity index (χ3n) is 2.64. The normalized spacial score (nSPS) is 10.0. The van der Waals surface area contributed by atoms with E-state index in [0.717, 1.165) is 8.95 Å². The highest BCUT2D eigenvalue weighted by atomic mass is 79.9. The van der Waals surface area contributed by atoms with Gasteiger partial charge in [-0.1, -0.05) is 31.9 Å². The molecular weight excluding hydrogens is 420 g/mol. The van der Waals surface area contributed by atoms with Crippen molar-refractivity contribution in [3.63, 3.8) is 0 Å². The van der Waals surface area contributed by atoms with Gasteiger partial charge in [-0.2, -0.15) is 0 Å². The lowest BCUT2D eigenvalue weighted by Crippen LogP contribution is -2.14. The van der Waals surface area contributed by atoms with Gasteiger partial charge in [0.15, 0.2) is 23.0 Å². The van der Waals surface area contributed by atoms with Crippen LogP contribution in [0.1, 0.15) is 0 Å². The van der Waals surface area contributed by atoms with Crippen molar-refractivity contribution in [1.29, 1.82) is 0 Å². The van der Waals surface area contributed by atoms with Crippen LogP contribution in [0.25, 0.3) is 0 Å². The third-order valence-corrected chi connectivity index (χ3v) is 3.62. The van der Waals surface area contributed by atoms with Crippen molar-refractivity contribution in [2.24, 2.45) is 0 Å². The predicted molar refractivity (Wildman–Crippen MR) is 88.0 cm³/mol. The average Bonchev–Trinajstić information content (AvgIpc) is 2.47. The zero-order valence-corrected chi connectivity index (χ0v) is 14.9. The quantitative estimate of drug-likeness (QED) is 0.513. The summed E-state index contributed by atoms with van der Waals surface area (Å²) in [5.74, 6) is 1.33. The van der Waals surface area contributed by atoms with Crippen LogP contribution in [-0.2, 0) is 0 Å². The molecule has 0 atom stereocenters. The smallest absolute Gasteiger partial charge is 0.493 e. The van der Waals surface area contributed by atoms with E-state index >= 15 is 0 Å². The Balaban J connectivity index is 2.17. The molecule has 0 N–H and O–H groups in total. The van der Waals surface area contributed by atoms with Crippen LogP contribution in [0, 0.1) is 0 Å². The van der Waals surface area contributed by atoms with Crippen LogP contribution in [0.5, 0.6) is 23.0 Å². The topological polar surface area (TPSA) is 54.0 Å². The molecule has 0 fully saturated rings. The van der Waals surface area contributed by atoms with Crippen molar-refractivity contribution in [3.05, 3.63) is 45.3 Å². The molecule has 0 saturated carbocycles. The second kappa shape index (κ2) is 7.51. The van der Waals surface area contributed by atoms with Crippen LogP contribution in [-0.4, -0.2) is 20.4 Å². The Kier molecular flexibility index (Phi) is 5.68. The Morgan fingerprint density at radius 3 is 1.55 bits per heavy atom. The van der Waals surface area contributed by atoms with E-state index in [4.69, 9.17) is 18.9 Å². The summed E-state index contributed by atoms with van der Waals surface area (Å²) in [7, 11) is 2.97. The molecular formula is C15H12Br2O5. The molecule has 0 aromatic heterocycles. The fourth-order valence-electron chi connectivity index (χ4n) is 1.66. The Labute approximate surface area is 144 Å². The van der Waals surface area contributed by atoms with Crippen molar-refractivity contribution < 1.29 is 23.7 Å². The Bertz CT molecular complexity index is 630. The standard InChI is InChI=1S/C15H12Br2O5/c1-19-11-5-3-9(16)7-13(11)21-15(18)22-14-8-10(17)4-6-12(14)20-2/h3-8H,1-2H3. The second-order valence-corrected chi connectivity index (χ2v) is 5.88. The van der Waals surface area contributed by atoms with Gasteiger partial charge in [0, 0.05) is 8.95 Å². The first-order chi connectivity index (χ1) is 10.5. The number of carbonyl (C=O) groups is 1. The monoisotopic (exact) mass is 430 g/mol. The number of ether oxygens (including phenoxy) is 4. The molecule has 0 aliphatic carbocycles. The summed E-state index contributed by atoms with van der Waals surface area (Å²) in [5.41, 5.74) is 0. The van der Waals surface area contributed by atoms with Gasteiger partial charge in [0.2, 0.25) is 0 Å². The van der Waals surface area contributed by atoms with Gasteiger partial charge in [-0.15, -0.1) is 0 Å². The Hall–Kier alpha value is -1.73. The van der Waals surface area contributed by atoms with E-state index in [9.17, 15) is 4.79 Å². The molecule has 7 heteroatoms. The fourth-order valence-corrected chi connectivity index (χ4v) is 2.34. The molecule has 116 valence electrons. The number of carbonyl (C=O) groups excluding carboxylic acids is 1. The number of halogens is 2. The zero-order valence-electron chi connectivity index (χ0n) is 11.8. The highest BCUT2D eigenvalue weighted by Gasteiger charge is 2.15. The lowest BCUT2D eigenvalue weighted by molar-refractivity contribution is 0.148. The van der Waals surface area contributed by atoms with Crippen LogP contribution in [0.3, 0.4) is 0 Å². The van der Waals surface area contributed by atoms with Gasteiger partial charge >= 0.3 is 6.16 Å². The highest BCUT2D eigenvalue weighted by molar-refractivity contribution is 9.10. The van der Waals surface area contributed by atoms with Crippen molar-refractivity contribution in [1.82, 2.24) is 0 Å². The second-order valence-electron chi connectivity index (χ2n) is 4.04. The van der Waals surface area contributed by atoms with Crippen LogP contribution in [0.4, 0.5) is 4.79 Å². The van der Waals surface area contributed by atoms with Crippen molar-refractivity contribution in [2.45, 2.75) is 0 Å². The van der Waals surface area contributed by atoms with Crippen molar-refractivity contribution >= 4 is 38.0 Å². The molecule has 0 saturated heterocycles. The predicted octanol–water partition coefficient (Wildman–Crippen LogP) is 4.81. The van der Waals surface area contributed by atoms with Crippen molar-refractivity contribution in [2.75, 3.05) is 14.2 Å². The molecule has 0 aliphatic heterocycles. The molecule has 2 aromatic carbocycles. The maximum absolute atomic E-state index is 12.0. The summed E-state index contributed by atoms with van der Waals surface area (Å²) in [4.78, 5) is 12.0. The molecule has 22 heavy (non-hydrogen) atoms. The van der Waals surface area contributed by atoms with E-state index in [0.29, 0.717) is 11.5 Å². The number of hydrogen-bond donors (Lipinski definition) is 0. The van der Waals surface area contributed by atoms with Crippen LogP contribution >= 0.6 is 31.9 Å². The third kappa shape index (κ3) is 4.14. The largest absolute Gasteiger partial charge is 0.519 e.